The molecule has 4 bridgehead atoms. The number of benzene rings is 5. The van der Waals surface area contributed by atoms with Gasteiger partial charge >= 0.3 is 0 Å². The number of hydrogen-bond donors (Lipinski definition) is 0. The predicted octanol–water partition coefficient (Wildman–Crippen LogP) is 10.4. The third kappa shape index (κ3) is 3.68. The van der Waals surface area contributed by atoms with Crippen molar-refractivity contribution in [1.29, 1.82) is 0 Å². The highest BCUT2D eigenvalue weighted by Gasteiger charge is 2.42. The standard InChI is InChI=1S/C37H33N/c1-3-11-32(12-4-1)38(33-13-5-2-6-14-33)37-24-28-10-8-7-9-27(28)22-36(37)29-15-16-34-30-18-25-17-26(19-30)21-31(20-25)35(34)23-29/h1-16,22-26,30-31H,17-21H2. The van der Waals surface area contributed by atoms with E-state index in [4.69, 9.17) is 0 Å². The molecule has 0 amide bonds. The van der Waals surface area contributed by atoms with Gasteiger partial charge < -0.3 is 4.90 Å². The second-order valence-corrected chi connectivity index (χ2v) is 11.9. The number of anilines is 3. The Hall–Kier alpha value is -3.84. The average Bonchev–Trinajstić information content (AvgIpc) is 3.13. The molecule has 2 atom stereocenters. The predicted molar refractivity (Wildman–Crippen MR) is 160 cm³/mol. The van der Waals surface area contributed by atoms with Crippen molar-refractivity contribution in [2.24, 2.45) is 11.8 Å². The monoisotopic (exact) mass is 491 g/mol. The molecule has 9 rings (SSSR count). The van der Waals surface area contributed by atoms with Gasteiger partial charge in [0.05, 0.1) is 5.69 Å². The molecule has 2 unspecified atom stereocenters. The molecule has 0 heterocycles. The van der Waals surface area contributed by atoms with Gasteiger partial charge in [0.2, 0.25) is 0 Å². The van der Waals surface area contributed by atoms with Gasteiger partial charge in [-0.15, -0.1) is 0 Å². The molecule has 4 aliphatic carbocycles. The van der Waals surface area contributed by atoms with E-state index >= 15 is 0 Å². The topological polar surface area (TPSA) is 3.24 Å². The van der Waals surface area contributed by atoms with Gasteiger partial charge in [-0.1, -0.05) is 78.9 Å². The van der Waals surface area contributed by atoms with Gasteiger partial charge in [-0.3, -0.25) is 0 Å². The molecular formula is C37H33N. The molecule has 0 radical (unpaired) electrons. The molecule has 1 heteroatoms. The third-order valence-corrected chi connectivity index (χ3v) is 9.55. The lowest BCUT2D eigenvalue weighted by atomic mass is 9.67. The summed E-state index contributed by atoms with van der Waals surface area (Å²) in [6.07, 6.45) is 7.10. The maximum absolute atomic E-state index is 2.59. The molecule has 0 aromatic heterocycles. The van der Waals surface area contributed by atoms with Crippen LogP contribution in [0.4, 0.5) is 17.1 Å². The second kappa shape index (κ2) is 8.88. The van der Waals surface area contributed by atoms with Crippen LogP contribution in [-0.4, -0.2) is 0 Å². The minimum atomic E-state index is 0.740. The smallest absolute Gasteiger partial charge is 0.0546 e. The van der Waals surface area contributed by atoms with E-state index in [2.05, 4.69) is 120 Å². The first-order chi connectivity index (χ1) is 18.8. The zero-order valence-electron chi connectivity index (χ0n) is 21.8. The first-order valence-corrected chi connectivity index (χ1v) is 14.4. The third-order valence-electron chi connectivity index (χ3n) is 9.55. The summed E-state index contributed by atoms with van der Waals surface area (Å²) in [5.41, 5.74) is 9.57. The van der Waals surface area contributed by atoms with E-state index in [1.54, 1.807) is 11.1 Å². The Kier molecular flexibility index (Phi) is 5.18. The highest BCUT2D eigenvalue weighted by Crippen LogP contribution is 2.57. The van der Waals surface area contributed by atoms with E-state index < -0.39 is 0 Å². The summed E-state index contributed by atoms with van der Waals surface area (Å²) in [6.45, 7) is 0. The zero-order chi connectivity index (χ0) is 25.1. The summed E-state index contributed by atoms with van der Waals surface area (Å²) in [4.78, 5) is 2.43. The molecule has 4 aliphatic rings. The summed E-state index contributed by atoms with van der Waals surface area (Å²) in [6, 6.07) is 42.8. The Morgan fingerprint density at radius 1 is 0.474 bits per heavy atom. The van der Waals surface area contributed by atoms with Gasteiger partial charge in [-0.2, -0.15) is 0 Å². The highest BCUT2D eigenvalue weighted by molar-refractivity contribution is 5.98. The van der Waals surface area contributed by atoms with Crippen LogP contribution in [0.1, 0.15) is 55.1 Å². The Bertz CT molecular complexity index is 1570. The van der Waals surface area contributed by atoms with Crippen LogP contribution in [0, 0.1) is 11.8 Å². The van der Waals surface area contributed by atoms with Crippen molar-refractivity contribution in [3.8, 4) is 11.1 Å². The summed E-state index contributed by atoms with van der Waals surface area (Å²) in [7, 11) is 0. The molecule has 0 N–H and O–H groups in total. The van der Waals surface area contributed by atoms with Crippen molar-refractivity contribution >= 4 is 27.8 Å². The fraction of sp³-hybridized carbons (Fsp3) is 0.243. The van der Waals surface area contributed by atoms with Crippen LogP contribution in [0.15, 0.2) is 115 Å². The lowest BCUT2D eigenvalue weighted by molar-refractivity contribution is 0.166. The molecule has 2 saturated carbocycles. The summed E-state index contributed by atoms with van der Waals surface area (Å²) >= 11 is 0. The minimum Gasteiger partial charge on any atom is -0.310 e. The van der Waals surface area contributed by atoms with Crippen molar-refractivity contribution in [3.05, 3.63) is 126 Å². The van der Waals surface area contributed by atoms with Crippen molar-refractivity contribution in [2.75, 3.05) is 4.90 Å². The van der Waals surface area contributed by atoms with Crippen molar-refractivity contribution < 1.29 is 0 Å². The Balaban J connectivity index is 1.36. The van der Waals surface area contributed by atoms with E-state index in [0.717, 1.165) is 23.7 Å². The van der Waals surface area contributed by atoms with Gasteiger partial charge in [0.15, 0.2) is 0 Å². The minimum absolute atomic E-state index is 0.740. The van der Waals surface area contributed by atoms with Crippen LogP contribution in [0.3, 0.4) is 0 Å². The lowest BCUT2D eigenvalue weighted by Crippen LogP contribution is -2.25. The van der Waals surface area contributed by atoms with Crippen molar-refractivity contribution in [2.45, 2.75) is 43.9 Å². The van der Waals surface area contributed by atoms with Crippen molar-refractivity contribution in [1.82, 2.24) is 0 Å². The molecule has 38 heavy (non-hydrogen) atoms. The molecule has 0 spiro atoms. The number of para-hydroxylation sites is 2. The van der Waals surface area contributed by atoms with E-state index in [1.807, 2.05) is 0 Å². The van der Waals surface area contributed by atoms with Crippen LogP contribution >= 0.6 is 0 Å². The summed E-state index contributed by atoms with van der Waals surface area (Å²) in [5.74, 6) is 3.40. The van der Waals surface area contributed by atoms with E-state index in [9.17, 15) is 0 Å². The largest absolute Gasteiger partial charge is 0.310 e. The molecule has 5 aromatic rings. The van der Waals surface area contributed by atoms with Crippen LogP contribution in [0.2, 0.25) is 0 Å². The zero-order valence-corrected chi connectivity index (χ0v) is 21.8. The fourth-order valence-corrected chi connectivity index (χ4v) is 8.05. The number of nitrogens with zero attached hydrogens (tertiary/aromatic N) is 1. The molecule has 186 valence electrons. The van der Waals surface area contributed by atoms with Crippen LogP contribution in [0.25, 0.3) is 21.9 Å². The number of rotatable bonds is 4. The second-order valence-electron chi connectivity index (χ2n) is 11.9. The molecule has 5 aromatic carbocycles. The van der Waals surface area contributed by atoms with Gasteiger partial charge in [-0.05, 0) is 120 Å². The van der Waals surface area contributed by atoms with E-state index in [0.29, 0.717) is 0 Å². The fourth-order valence-electron chi connectivity index (χ4n) is 8.05. The quantitative estimate of drug-likeness (QED) is 0.242. The maximum Gasteiger partial charge on any atom is 0.0546 e. The molecule has 0 saturated heterocycles. The highest BCUT2D eigenvalue weighted by atomic mass is 15.1. The Morgan fingerprint density at radius 2 is 1.03 bits per heavy atom. The molecule has 2 fully saturated rings. The van der Waals surface area contributed by atoms with Crippen molar-refractivity contribution in [3.63, 3.8) is 0 Å². The van der Waals surface area contributed by atoms with Gasteiger partial charge in [0.25, 0.3) is 0 Å². The first kappa shape index (κ1) is 22.2. The van der Waals surface area contributed by atoms with Gasteiger partial charge in [-0.25, -0.2) is 0 Å². The molecule has 0 aliphatic heterocycles. The normalized spacial score (nSPS) is 23.3. The van der Waals surface area contributed by atoms with Gasteiger partial charge in [0.1, 0.15) is 0 Å². The number of fused-ring (bicyclic) bond motifs is 1. The Labute approximate surface area is 225 Å². The molecule has 1 nitrogen and oxygen atoms in total. The Morgan fingerprint density at radius 3 is 1.66 bits per heavy atom. The van der Waals surface area contributed by atoms with Crippen LogP contribution < -0.4 is 4.90 Å². The SMILES string of the molecule is c1ccc(N(c2ccccc2)c2cc3ccccc3cc2-c2ccc3c(c2)C2CC4CC(CC3C4)C2)cc1. The lowest BCUT2D eigenvalue weighted by Gasteiger charge is -2.38. The van der Waals surface area contributed by atoms with E-state index in [1.165, 1.54) is 71.1 Å². The summed E-state index contributed by atoms with van der Waals surface area (Å²) < 4.78 is 0. The number of hydrogen-bond acceptors (Lipinski definition) is 1. The van der Waals surface area contributed by atoms with Crippen LogP contribution in [-0.2, 0) is 0 Å². The summed E-state index contributed by atoms with van der Waals surface area (Å²) in [5, 5.41) is 2.57. The first-order valence-electron chi connectivity index (χ1n) is 14.4. The van der Waals surface area contributed by atoms with Crippen LogP contribution in [0.5, 0.6) is 0 Å². The average molecular weight is 492 g/mol. The maximum atomic E-state index is 2.59. The van der Waals surface area contributed by atoms with Gasteiger partial charge in [0, 0.05) is 16.9 Å². The molecular weight excluding hydrogens is 458 g/mol. The van der Waals surface area contributed by atoms with E-state index in [-0.39, 0.29) is 0 Å².